The lowest BCUT2D eigenvalue weighted by atomic mass is 10.0. The summed E-state index contributed by atoms with van der Waals surface area (Å²) in [5.74, 6) is -3.33. The van der Waals surface area contributed by atoms with Crippen LogP contribution in [0, 0.1) is 0 Å². The van der Waals surface area contributed by atoms with Crippen molar-refractivity contribution in [3.63, 3.8) is 0 Å². The lowest BCUT2D eigenvalue weighted by molar-refractivity contribution is -0.167. The number of fused-ring (bicyclic) bond motifs is 1. The third-order valence-corrected chi connectivity index (χ3v) is 2.97. The Labute approximate surface area is 106 Å². The summed E-state index contributed by atoms with van der Waals surface area (Å²) in [5, 5.41) is 10.6. The first-order valence-corrected chi connectivity index (χ1v) is 5.56. The van der Waals surface area contributed by atoms with Crippen LogP contribution in [0.5, 0.6) is 0 Å². The molecule has 1 aromatic carbocycles. The molecule has 0 spiro atoms. The Kier molecular flexibility index (Phi) is 3.21. The van der Waals surface area contributed by atoms with Crippen LogP contribution in [0.2, 0.25) is 0 Å². The Morgan fingerprint density at radius 3 is 2.47 bits per heavy atom. The summed E-state index contributed by atoms with van der Waals surface area (Å²) in [4.78, 5) is 21.8. The summed E-state index contributed by atoms with van der Waals surface area (Å²) < 4.78 is 36.7. The number of hydrogen-bond acceptors (Lipinski definition) is 2. The third-order valence-electron chi connectivity index (χ3n) is 2.97. The van der Waals surface area contributed by atoms with Gasteiger partial charge in [-0.1, -0.05) is 0 Å². The smallest absolute Gasteiger partial charge is 0.471 e. The van der Waals surface area contributed by atoms with Crippen molar-refractivity contribution >= 4 is 17.6 Å². The standard InChI is InChI=1S/C12H10F3NO3/c13-12(14,15)11(19)16-9-5-7(10(17)18)4-6-2-1-3-8(6)9/h4-5H,1-3H2,(H,16,19)(H,17,18). The van der Waals surface area contributed by atoms with Gasteiger partial charge in [0.25, 0.3) is 0 Å². The average molecular weight is 273 g/mol. The highest BCUT2D eigenvalue weighted by molar-refractivity contribution is 5.98. The van der Waals surface area contributed by atoms with Crippen molar-refractivity contribution in [2.75, 3.05) is 5.32 Å². The fourth-order valence-electron chi connectivity index (χ4n) is 2.13. The first-order chi connectivity index (χ1) is 8.79. The van der Waals surface area contributed by atoms with Gasteiger partial charge in [-0.3, -0.25) is 4.79 Å². The van der Waals surface area contributed by atoms with Crippen molar-refractivity contribution in [1.82, 2.24) is 0 Å². The molecule has 0 atom stereocenters. The molecular formula is C12H10F3NO3. The Balaban J connectivity index is 2.39. The largest absolute Gasteiger partial charge is 0.478 e. The van der Waals surface area contributed by atoms with Gasteiger partial charge in [0.2, 0.25) is 0 Å². The van der Waals surface area contributed by atoms with Crippen LogP contribution in [0.1, 0.15) is 27.9 Å². The van der Waals surface area contributed by atoms with E-state index in [0.717, 1.165) is 12.5 Å². The topological polar surface area (TPSA) is 66.4 Å². The lowest BCUT2D eigenvalue weighted by Gasteiger charge is -2.13. The summed E-state index contributed by atoms with van der Waals surface area (Å²) in [6.45, 7) is 0. The second kappa shape index (κ2) is 4.56. The van der Waals surface area contributed by atoms with Crippen LogP contribution in [0.4, 0.5) is 18.9 Å². The lowest BCUT2D eigenvalue weighted by Crippen LogP contribution is -2.30. The number of aromatic carboxylic acids is 1. The zero-order valence-electron chi connectivity index (χ0n) is 9.67. The summed E-state index contributed by atoms with van der Waals surface area (Å²) in [6.07, 6.45) is -3.13. The fourth-order valence-corrected chi connectivity index (χ4v) is 2.13. The summed E-state index contributed by atoms with van der Waals surface area (Å²) in [5.41, 5.74) is 1.08. The number of carboxylic acids is 1. The van der Waals surface area contributed by atoms with Gasteiger partial charge in [-0.15, -0.1) is 0 Å². The van der Waals surface area contributed by atoms with Crippen molar-refractivity contribution in [3.8, 4) is 0 Å². The highest BCUT2D eigenvalue weighted by atomic mass is 19.4. The number of nitrogens with one attached hydrogen (secondary N) is 1. The zero-order valence-corrected chi connectivity index (χ0v) is 9.67. The number of amides is 1. The van der Waals surface area contributed by atoms with Gasteiger partial charge < -0.3 is 10.4 Å². The Morgan fingerprint density at radius 1 is 1.21 bits per heavy atom. The van der Waals surface area contributed by atoms with Crippen LogP contribution in [0.15, 0.2) is 12.1 Å². The van der Waals surface area contributed by atoms with Crippen LogP contribution in [-0.4, -0.2) is 23.2 Å². The summed E-state index contributed by atoms with van der Waals surface area (Å²) in [7, 11) is 0. The monoisotopic (exact) mass is 273 g/mol. The number of alkyl halides is 3. The van der Waals surface area contributed by atoms with Crippen molar-refractivity contribution in [2.24, 2.45) is 0 Å². The van der Waals surface area contributed by atoms with Gasteiger partial charge in [0, 0.05) is 5.69 Å². The van der Waals surface area contributed by atoms with E-state index in [-0.39, 0.29) is 11.3 Å². The van der Waals surface area contributed by atoms with Gasteiger partial charge in [0.15, 0.2) is 0 Å². The molecule has 0 unspecified atom stereocenters. The number of carbonyl (C=O) groups is 2. The van der Waals surface area contributed by atoms with E-state index in [1.54, 1.807) is 5.32 Å². The SMILES string of the molecule is O=C(O)c1cc2c(c(NC(=O)C(F)(F)F)c1)CCC2. The van der Waals surface area contributed by atoms with E-state index in [9.17, 15) is 22.8 Å². The van der Waals surface area contributed by atoms with E-state index in [4.69, 9.17) is 5.11 Å². The molecule has 0 radical (unpaired) electrons. The number of benzene rings is 1. The maximum atomic E-state index is 12.2. The van der Waals surface area contributed by atoms with E-state index in [0.29, 0.717) is 24.0 Å². The molecule has 0 heterocycles. The van der Waals surface area contributed by atoms with Gasteiger partial charge in [-0.25, -0.2) is 4.79 Å². The average Bonchev–Trinajstić information content (AvgIpc) is 2.75. The normalized spacial score (nSPS) is 14.1. The molecule has 0 aliphatic heterocycles. The Hall–Kier alpha value is -2.05. The summed E-state index contributed by atoms with van der Waals surface area (Å²) >= 11 is 0. The maximum Gasteiger partial charge on any atom is 0.471 e. The second-order valence-corrected chi connectivity index (χ2v) is 4.27. The van der Waals surface area contributed by atoms with Gasteiger partial charge >= 0.3 is 18.1 Å². The van der Waals surface area contributed by atoms with Crippen LogP contribution in [-0.2, 0) is 17.6 Å². The number of carbonyl (C=O) groups excluding carboxylic acids is 1. The van der Waals surface area contributed by atoms with Crippen molar-refractivity contribution in [2.45, 2.75) is 25.4 Å². The molecule has 102 valence electrons. The molecular weight excluding hydrogens is 263 g/mol. The van der Waals surface area contributed by atoms with E-state index in [1.807, 2.05) is 0 Å². The number of aryl methyl sites for hydroxylation is 1. The number of rotatable bonds is 2. The molecule has 19 heavy (non-hydrogen) atoms. The van der Waals surface area contributed by atoms with E-state index in [1.165, 1.54) is 6.07 Å². The molecule has 4 nitrogen and oxygen atoms in total. The molecule has 1 amide bonds. The molecule has 2 N–H and O–H groups in total. The van der Waals surface area contributed by atoms with Crippen LogP contribution in [0.25, 0.3) is 0 Å². The quantitative estimate of drug-likeness (QED) is 0.869. The van der Waals surface area contributed by atoms with E-state index < -0.39 is 18.1 Å². The van der Waals surface area contributed by atoms with Gasteiger partial charge in [0.1, 0.15) is 0 Å². The molecule has 0 saturated heterocycles. The summed E-state index contributed by atoms with van der Waals surface area (Å²) in [6, 6.07) is 2.50. The maximum absolute atomic E-state index is 12.2. The highest BCUT2D eigenvalue weighted by Crippen LogP contribution is 2.31. The molecule has 2 rings (SSSR count). The number of anilines is 1. The van der Waals surface area contributed by atoms with Crippen molar-refractivity contribution in [1.29, 1.82) is 0 Å². The molecule has 0 saturated carbocycles. The minimum Gasteiger partial charge on any atom is -0.478 e. The zero-order chi connectivity index (χ0) is 14.2. The second-order valence-electron chi connectivity index (χ2n) is 4.27. The number of hydrogen-bond donors (Lipinski definition) is 2. The minimum absolute atomic E-state index is 0.0604. The predicted molar refractivity (Wildman–Crippen MR) is 60.1 cm³/mol. The van der Waals surface area contributed by atoms with Crippen molar-refractivity contribution in [3.05, 3.63) is 28.8 Å². The van der Waals surface area contributed by atoms with Gasteiger partial charge in [-0.2, -0.15) is 13.2 Å². The van der Waals surface area contributed by atoms with E-state index >= 15 is 0 Å². The van der Waals surface area contributed by atoms with Gasteiger partial charge in [-0.05, 0) is 42.5 Å². The third kappa shape index (κ3) is 2.69. The van der Waals surface area contributed by atoms with Crippen LogP contribution in [0.3, 0.4) is 0 Å². The molecule has 0 aromatic heterocycles. The fraction of sp³-hybridized carbons (Fsp3) is 0.333. The molecule has 1 aliphatic carbocycles. The van der Waals surface area contributed by atoms with E-state index in [2.05, 4.69) is 0 Å². The first-order valence-electron chi connectivity index (χ1n) is 5.56. The number of halogens is 3. The van der Waals surface area contributed by atoms with Gasteiger partial charge in [0.05, 0.1) is 5.56 Å². The predicted octanol–water partition coefficient (Wildman–Crippen LogP) is 2.37. The highest BCUT2D eigenvalue weighted by Gasteiger charge is 2.39. The van der Waals surface area contributed by atoms with Crippen LogP contribution < -0.4 is 5.32 Å². The van der Waals surface area contributed by atoms with Crippen LogP contribution >= 0.6 is 0 Å². The molecule has 1 aliphatic rings. The minimum atomic E-state index is -5.00. The van der Waals surface area contributed by atoms with Crippen molar-refractivity contribution < 1.29 is 27.9 Å². The molecule has 0 fully saturated rings. The first kappa shape index (κ1) is 13.4. The Morgan fingerprint density at radius 2 is 1.89 bits per heavy atom. The Bertz CT molecular complexity index is 552. The molecule has 0 bridgehead atoms. The molecule has 1 aromatic rings. The number of carboxylic acid groups (broad SMARTS) is 1. The molecule has 7 heteroatoms.